The zero-order valence-electron chi connectivity index (χ0n) is 13.7. The Morgan fingerprint density at radius 3 is 2.54 bits per heavy atom. The lowest BCUT2D eigenvalue weighted by Crippen LogP contribution is -2.28. The van der Waals surface area contributed by atoms with Crippen LogP contribution in [-0.4, -0.2) is 34.1 Å². The number of para-hydroxylation sites is 1. The molecule has 0 saturated carbocycles. The van der Waals surface area contributed by atoms with Gasteiger partial charge in [0.25, 0.3) is 5.91 Å². The van der Waals surface area contributed by atoms with Crippen molar-refractivity contribution in [3.05, 3.63) is 48.3 Å². The number of hydrogen-bond acceptors (Lipinski definition) is 5. The first kappa shape index (κ1) is 17.9. The van der Waals surface area contributed by atoms with Gasteiger partial charge in [-0.05, 0) is 24.1 Å². The summed E-state index contributed by atoms with van der Waals surface area (Å²) in [7, 11) is 0. The molecule has 6 nitrogen and oxygen atoms in total. The van der Waals surface area contributed by atoms with Gasteiger partial charge in [0.15, 0.2) is 5.16 Å². The Bertz CT molecular complexity index is 692. The van der Waals surface area contributed by atoms with Gasteiger partial charge in [-0.2, -0.15) is 0 Å². The third-order valence-corrected chi connectivity index (χ3v) is 3.87. The van der Waals surface area contributed by atoms with Gasteiger partial charge in [0.1, 0.15) is 0 Å². The van der Waals surface area contributed by atoms with Crippen LogP contribution >= 0.6 is 11.8 Å². The van der Waals surface area contributed by atoms with Crippen molar-refractivity contribution >= 4 is 29.3 Å². The van der Waals surface area contributed by atoms with Crippen molar-refractivity contribution in [3.8, 4) is 0 Å². The lowest BCUT2D eigenvalue weighted by Gasteiger charge is -2.12. The molecular weight excluding hydrogens is 324 g/mol. The quantitative estimate of drug-likeness (QED) is 0.596. The smallest absolute Gasteiger partial charge is 0.253 e. The maximum Gasteiger partial charge on any atom is 0.253 e. The van der Waals surface area contributed by atoms with Crippen LogP contribution in [0.4, 0.5) is 5.69 Å². The van der Waals surface area contributed by atoms with Crippen LogP contribution in [0, 0.1) is 5.92 Å². The van der Waals surface area contributed by atoms with Crippen molar-refractivity contribution in [3.63, 3.8) is 0 Å². The molecular formula is C17H20N4O2S. The molecule has 0 aliphatic carbocycles. The van der Waals surface area contributed by atoms with Gasteiger partial charge >= 0.3 is 0 Å². The minimum absolute atomic E-state index is 0.173. The first-order valence-corrected chi connectivity index (χ1v) is 8.61. The molecule has 0 aliphatic rings. The Balaban J connectivity index is 1.96. The maximum atomic E-state index is 12.2. The average molecular weight is 344 g/mol. The molecule has 0 unspecified atom stereocenters. The van der Waals surface area contributed by atoms with E-state index in [1.54, 1.807) is 42.7 Å². The predicted molar refractivity (Wildman–Crippen MR) is 95.0 cm³/mol. The van der Waals surface area contributed by atoms with Crippen molar-refractivity contribution in [2.75, 3.05) is 17.6 Å². The van der Waals surface area contributed by atoms with Gasteiger partial charge in [0.05, 0.1) is 17.0 Å². The lowest BCUT2D eigenvalue weighted by atomic mass is 10.1. The average Bonchev–Trinajstić information content (AvgIpc) is 2.59. The second-order valence-electron chi connectivity index (χ2n) is 5.52. The number of benzene rings is 1. The van der Waals surface area contributed by atoms with Crippen LogP contribution in [0.25, 0.3) is 0 Å². The fourth-order valence-electron chi connectivity index (χ4n) is 1.86. The van der Waals surface area contributed by atoms with Gasteiger partial charge in [0, 0.05) is 18.9 Å². The van der Waals surface area contributed by atoms with E-state index >= 15 is 0 Å². The second-order valence-corrected chi connectivity index (χ2v) is 6.46. The van der Waals surface area contributed by atoms with E-state index in [-0.39, 0.29) is 17.6 Å². The molecule has 0 saturated heterocycles. The highest BCUT2D eigenvalue weighted by atomic mass is 32.2. The molecule has 0 spiro atoms. The zero-order chi connectivity index (χ0) is 17.4. The first-order chi connectivity index (χ1) is 11.6. The minimum atomic E-state index is -0.212. The van der Waals surface area contributed by atoms with Gasteiger partial charge in [-0.1, -0.05) is 37.7 Å². The number of nitrogens with zero attached hydrogens (tertiary/aromatic N) is 2. The minimum Gasteiger partial charge on any atom is -0.352 e. The van der Waals surface area contributed by atoms with Gasteiger partial charge in [0.2, 0.25) is 5.91 Å². The van der Waals surface area contributed by atoms with E-state index in [0.29, 0.717) is 28.9 Å². The Kier molecular flexibility index (Phi) is 6.74. The second kappa shape index (κ2) is 9.02. The van der Waals surface area contributed by atoms with Crippen molar-refractivity contribution in [2.45, 2.75) is 19.0 Å². The number of nitrogens with one attached hydrogen (secondary N) is 2. The van der Waals surface area contributed by atoms with Crippen molar-refractivity contribution in [1.29, 1.82) is 0 Å². The summed E-state index contributed by atoms with van der Waals surface area (Å²) in [5, 5.41) is 6.17. The van der Waals surface area contributed by atoms with E-state index in [1.807, 2.05) is 13.8 Å². The van der Waals surface area contributed by atoms with Crippen molar-refractivity contribution in [2.24, 2.45) is 5.92 Å². The van der Waals surface area contributed by atoms with Crippen LogP contribution < -0.4 is 10.6 Å². The summed E-state index contributed by atoms with van der Waals surface area (Å²) >= 11 is 1.24. The van der Waals surface area contributed by atoms with Gasteiger partial charge in [-0.15, -0.1) is 0 Å². The highest BCUT2D eigenvalue weighted by Gasteiger charge is 2.13. The summed E-state index contributed by atoms with van der Waals surface area (Å²) in [6.07, 6.45) is 3.25. The van der Waals surface area contributed by atoms with E-state index in [2.05, 4.69) is 20.6 Å². The molecule has 1 aromatic heterocycles. The summed E-state index contributed by atoms with van der Waals surface area (Å²) in [6, 6.07) is 8.68. The molecule has 2 aromatic rings. The summed E-state index contributed by atoms with van der Waals surface area (Å²) in [5.41, 5.74) is 0.950. The van der Waals surface area contributed by atoms with Crippen LogP contribution in [0.1, 0.15) is 24.2 Å². The number of amides is 2. The highest BCUT2D eigenvalue weighted by Crippen LogP contribution is 2.17. The zero-order valence-corrected chi connectivity index (χ0v) is 14.5. The molecule has 0 atom stereocenters. The molecule has 1 heterocycles. The maximum absolute atomic E-state index is 12.2. The first-order valence-electron chi connectivity index (χ1n) is 7.63. The number of anilines is 1. The summed E-state index contributed by atoms with van der Waals surface area (Å²) < 4.78 is 0. The van der Waals surface area contributed by atoms with Crippen LogP contribution in [0.15, 0.2) is 47.9 Å². The molecule has 0 aliphatic heterocycles. The summed E-state index contributed by atoms with van der Waals surface area (Å²) in [4.78, 5) is 32.5. The molecule has 1 aromatic carbocycles. The molecule has 0 radical (unpaired) electrons. The standard InChI is InChI=1S/C17H20N4O2S/c1-12(2)10-20-16(23)13-6-3-4-7-14(13)21-15(22)11-24-17-18-8-5-9-19-17/h3-9,12H,10-11H2,1-2H3,(H,20,23)(H,21,22). The molecule has 24 heavy (non-hydrogen) atoms. The molecule has 2 amide bonds. The van der Waals surface area contributed by atoms with Crippen LogP contribution in [0.5, 0.6) is 0 Å². The third kappa shape index (κ3) is 5.66. The Morgan fingerprint density at radius 1 is 1.12 bits per heavy atom. The summed E-state index contributed by atoms with van der Waals surface area (Å²) in [6.45, 7) is 4.63. The van der Waals surface area contributed by atoms with Crippen LogP contribution in [0.2, 0.25) is 0 Å². The van der Waals surface area contributed by atoms with E-state index in [9.17, 15) is 9.59 Å². The number of carbonyl (C=O) groups is 2. The van der Waals surface area contributed by atoms with Crippen molar-refractivity contribution < 1.29 is 9.59 Å². The Morgan fingerprint density at radius 2 is 1.83 bits per heavy atom. The third-order valence-electron chi connectivity index (χ3n) is 2.99. The molecule has 126 valence electrons. The fraction of sp³-hybridized carbons (Fsp3) is 0.294. The largest absolute Gasteiger partial charge is 0.352 e. The van der Waals surface area contributed by atoms with Crippen LogP contribution in [0.3, 0.4) is 0 Å². The normalized spacial score (nSPS) is 10.5. The van der Waals surface area contributed by atoms with E-state index in [0.717, 1.165) is 0 Å². The van der Waals surface area contributed by atoms with Gasteiger partial charge in [-0.3, -0.25) is 9.59 Å². The monoisotopic (exact) mass is 344 g/mol. The fourth-order valence-corrected chi connectivity index (χ4v) is 2.46. The van der Waals surface area contributed by atoms with Crippen molar-refractivity contribution in [1.82, 2.24) is 15.3 Å². The topological polar surface area (TPSA) is 84.0 Å². The molecule has 0 fully saturated rings. The highest BCUT2D eigenvalue weighted by molar-refractivity contribution is 7.99. The van der Waals surface area contributed by atoms with E-state index in [4.69, 9.17) is 0 Å². The number of hydrogen-bond donors (Lipinski definition) is 2. The molecule has 2 rings (SSSR count). The van der Waals surface area contributed by atoms with E-state index < -0.39 is 0 Å². The Hall–Kier alpha value is -2.41. The molecule has 2 N–H and O–H groups in total. The van der Waals surface area contributed by atoms with E-state index in [1.165, 1.54) is 11.8 Å². The predicted octanol–water partition coefficient (Wildman–Crippen LogP) is 2.59. The number of aromatic nitrogens is 2. The SMILES string of the molecule is CC(C)CNC(=O)c1ccccc1NC(=O)CSc1ncccn1. The van der Waals surface area contributed by atoms with Gasteiger partial charge in [-0.25, -0.2) is 9.97 Å². The molecule has 0 bridgehead atoms. The van der Waals surface area contributed by atoms with Crippen LogP contribution in [-0.2, 0) is 4.79 Å². The number of rotatable bonds is 7. The number of carbonyl (C=O) groups excluding carboxylic acids is 2. The summed E-state index contributed by atoms with van der Waals surface area (Å²) in [5.74, 6) is 0.125. The van der Waals surface area contributed by atoms with Gasteiger partial charge < -0.3 is 10.6 Å². The number of thioether (sulfide) groups is 1. The molecule has 7 heteroatoms. The Labute approximate surface area is 145 Å². The lowest BCUT2D eigenvalue weighted by molar-refractivity contribution is -0.113.